The highest BCUT2D eigenvalue weighted by Crippen LogP contribution is 2.37. The van der Waals surface area contributed by atoms with Crippen molar-refractivity contribution in [3.05, 3.63) is 34.4 Å². The van der Waals surface area contributed by atoms with Crippen LogP contribution in [0.5, 0.6) is 0 Å². The van der Waals surface area contributed by atoms with E-state index in [0.29, 0.717) is 0 Å². The van der Waals surface area contributed by atoms with Crippen LogP contribution < -0.4 is 0 Å². The Bertz CT molecular complexity index is 649. The van der Waals surface area contributed by atoms with E-state index in [1.54, 1.807) is 0 Å². The maximum atomic E-state index is 9.95. The summed E-state index contributed by atoms with van der Waals surface area (Å²) in [4.78, 5) is 36.4. The maximum Gasteiger partial charge on any atom is 0.327 e. The second kappa shape index (κ2) is 11.8. The van der Waals surface area contributed by atoms with Crippen LogP contribution >= 0.6 is 17.2 Å². The standard InChI is InChI=1S/C21H38O8P2/c1-15-8-17(19(2,3)4)16(18(9-15)20(5,6)7)10-27-12-21(11-22,13-28-30(23)24)14-29-31(25)26/h8-9,22-26H,10-14H2,1-7H3. The lowest BCUT2D eigenvalue weighted by atomic mass is 9.75. The molecule has 180 valence electrons. The van der Waals surface area contributed by atoms with E-state index in [-0.39, 0.29) is 37.3 Å². The number of ether oxygens (including phenoxy) is 1. The van der Waals surface area contributed by atoms with Gasteiger partial charge in [-0.25, -0.2) is 0 Å². The number of benzene rings is 1. The molecule has 0 bridgehead atoms. The molecule has 0 saturated carbocycles. The fourth-order valence-corrected chi connectivity index (χ4v) is 4.11. The van der Waals surface area contributed by atoms with Gasteiger partial charge in [0.1, 0.15) is 0 Å². The van der Waals surface area contributed by atoms with Gasteiger partial charge in [0, 0.05) is 0 Å². The van der Waals surface area contributed by atoms with Crippen LogP contribution in [0, 0.1) is 12.3 Å². The summed E-state index contributed by atoms with van der Waals surface area (Å²) in [7, 11) is -5.28. The summed E-state index contributed by atoms with van der Waals surface area (Å²) in [6.45, 7) is 14.1. The van der Waals surface area contributed by atoms with E-state index in [2.05, 4.69) is 60.6 Å². The third-order valence-corrected chi connectivity index (χ3v) is 5.69. The van der Waals surface area contributed by atoms with Crippen LogP contribution in [0.3, 0.4) is 0 Å². The largest absolute Gasteiger partial charge is 0.396 e. The predicted octanol–water partition coefficient (Wildman–Crippen LogP) is 3.54. The van der Waals surface area contributed by atoms with Gasteiger partial charge in [0.05, 0.1) is 38.4 Å². The highest BCUT2D eigenvalue weighted by molar-refractivity contribution is 7.39. The molecule has 1 aromatic carbocycles. The molecule has 0 saturated heterocycles. The molecule has 5 N–H and O–H groups in total. The second-order valence-corrected chi connectivity index (χ2v) is 11.6. The second-order valence-electron chi connectivity index (χ2n) is 10.0. The molecule has 0 spiro atoms. The van der Waals surface area contributed by atoms with Gasteiger partial charge in [-0.2, -0.15) is 0 Å². The van der Waals surface area contributed by atoms with E-state index in [4.69, 9.17) is 33.4 Å². The van der Waals surface area contributed by atoms with Crippen molar-refractivity contribution in [2.24, 2.45) is 5.41 Å². The number of rotatable bonds is 11. The van der Waals surface area contributed by atoms with Crippen molar-refractivity contribution in [2.45, 2.75) is 65.9 Å². The third kappa shape index (κ3) is 9.26. The Balaban J connectivity index is 3.20. The van der Waals surface area contributed by atoms with Gasteiger partial charge in [-0.05, 0) is 34.4 Å². The van der Waals surface area contributed by atoms with Crippen molar-refractivity contribution in [1.29, 1.82) is 0 Å². The van der Waals surface area contributed by atoms with Gasteiger partial charge in [0.2, 0.25) is 0 Å². The molecule has 0 aliphatic heterocycles. The summed E-state index contributed by atoms with van der Waals surface area (Å²) in [5.41, 5.74) is 3.16. The molecule has 0 aliphatic carbocycles. The fraction of sp³-hybridized carbons (Fsp3) is 0.714. The van der Waals surface area contributed by atoms with Gasteiger partial charge in [0.15, 0.2) is 0 Å². The van der Waals surface area contributed by atoms with Crippen molar-refractivity contribution in [1.82, 2.24) is 0 Å². The van der Waals surface area contributed by atoms with Crippen molar-refractivity contribution < 1.29 is 38.5 Å². The molecule has 0 unspecified atom stereocenters. The van der Waals surface area contributed by atoms with Gasteiger partial charge in [-0.15, -0.1) is 0 Å². The number of aliphatic hydroxyl groups is 1. The van der Waals surface area contributed by atoms with Crippen LogP contribution in [0.15, 0.2) is 12.1 Å². The van der Waals surface area contributed by atoms with Crippen LogP contribution in [-0.4, -0.2) is 51.1 Å². The summed E-state index contributed by atoms with van der Waals surface area (Å²) in [5, 5.41) is 9.95. The zero-order valence-corrected chi connectivity index (χ0v) is 21.3. The number of hydrogen-bond acceptors (Lipinski definition) is 8. The summed E-state index contributed by atoms with van der Waals surface area (Å²) < 4.78 is 15.8. The molecule has 8 nitrogen and oxygen atoms in total. The van der Waals surface area contributed by atoms with E-state index in [0.717, 1.165) is 5.56 Å². The minimum absolute atomic E-state index is 0.0448. The first kappa shape index (κ1) is 28.8. The lowest BCUT2D eigenvalue weighted by Gasteiger charge is -2.33. The molecule has 31 heavy (non-hydrogen) atoms. The molecule has 1 aromatic rings. The Labute approximate surface area is 188 Å². The quantitative estimate of drug-likeness (QED) is 0.304. The van der Waals surface area contributed by atoms with E-state index in [1.165, 1.54) is 16.7 Å². The molecule has 1 rings (SSSR count). The smallest absolute Gasteiger partial charge is 0.327 e. The van der Waals surface area contributed by atoms with Crippen LogP contribution in [-0.2, 0) is 31.2 Å². The lowest BCUT2D eigenvalue weighted by Crippen LogP contribution is -2.40. The lowest BCUT2D eigenvalue weighted by molar-refractivity contribution is -0.0545. The summed E-state index contributed by atoms with van der Waals surface area (Å²) in [6.07, 6.45) is 0. The van der Waals surface area contributed by atoms with Crippen LogP contribution in [0.2, 0.25) is 0 Å². The fourth-order valence-electron chi connectivity index (χ4n) is 3.33. The van der Waals surface area contributed by atoms with Gasteiger partial charge in [0.25, 0.3) is 0 Å². The van der Waals surface area contributed by atoms with Crippen molar-refractivity contribution in [3.63, 3.8) is 0 Å². The molecule has 0 aromatic heterocycles. The molecule has 0 aliphatic rings. The molecule has 0 heterocycles. The zero-order valence-electron chi connectivity index (χ0n) is 19.5. The molecule has 0 radical (unpaired) electrons. The van der Waals surface area contributed by atoms with E-state index in [1.807, 2.05) is 0 Å². The summed E-state index contributed by atoms with van der Waals surface area (Å²) in [6, 6.07) is 4.32. The molecular weight excluding hydrogens is 442 g/mol. The average Bonchev–Trinajstić information content (AvgIpc) is 2.62. The van der Waals surface area contributed by atoms with E-state index < -0.39 is 29.2 Å². The Morgan fingerprint density at radius 1 is 0.774 bits per heavy atom. The average molecular weight is 480 g/mol. The molecule has 0 fully saturated rings. The molecule has 10 heteroatoms. The molecular formula is C21H38O8P2. The van der Waals surface area contributed by atoms with Crippen LogP contribution in [0.4, 0.5) is 0 Å². The first-order valence-electron chi connectivity index (χ1n) is 10.1. The van der Waals surface area contributed by atoms with Crippen molar-refractivity contribution in [3.8, 4) is 0 Å². The van der Waals surface area contributed by atoms with Gasteiger partial charge in [-0.3, -0.25) is 0 Å². The first-order valence-corrected chi connectivity index (χ1v) is 12.4. The molecule has 0 atom stereocenters. The van der Waals surface area contributed by atoms with Gasteiger partial charge < -0.3 is 38.5 Å². The van der Waals surface area contributed by atoms with Gasteiger partial charge >= 0.3 is 17.2 Å². The Hall–Kier alpha value is -0.240. The Kier molecular flexibility index (Phi) is 10.9. The summed E-state index contributed by atoms with van der Waals surface area (Å²) >= 11 is 0. The number of aliphatic hydroxyl groups excluding tert-OH is 1. The predicted molar refractivity (Wildman–Crippen MR) is 122 cm³/mol. The summed E-state index contributed by atoms with van der Waals surface area (Å²) in [5.74, 6) is 0. The number of hydrogen-bond donors (Lipinski definition) is 5. The Morgan fingerprint density at radius 2 is 1.19 bits per heavy atom. The third-order valence-electron chi connectivity index (χ3n) is 4.97. The molecule has 0 amide bonds. The minimum Gasteiger partial charge on any atom is -0.396 e. The topological polar surface area (TPSA) is 129 Å². The van der Waals surface area contributed by atoms with E-state index in [9.17, 15) is 5.11 Å². The van der Waals surface area contributed by atoms with Crippen LogP contribution in [0.25, 0.3) is 0 Å². The minimum atomic E-state index is -2.64. The van der Waals surface area contributed by atoms with Crippen molar-refractivity contribution >= 4 is 17.2 Å². The zero-order chi connectivity index (χ0) is 24.0. The maximum absolute atomic E-state index is 9.95. The SMILES string of the molecule is Cc1cc(C(C)(C)C)c(COCC(CO)(COP(O)O)COP(O)O)c(C(C)(C)C)c1. The van der Waals surface area contributed by atoms with E-state index >= 15 is 0 Å². The monoisotopic (exact) mass is 480 g/mol. The van der Waals surface area contributed by atoms with Crippen LogP contribution in [0.1, 0.15) is 63.8 Å². The normalized spacial score (nSPS) is 13.5. The van der Waals surface area contributed by atoms with Gasteiger partial charge in [-0.1, -0.05) is 59.2 Å². The number of aryl methyl sites for hydroxylation is 1. The highest BCUT2D eigenvalue weighted by atomic mass is 31.2. The highest BCUT2D eigenvalue weighted by Gasteiger charge is 2.34. The first-order chi connectivity index (χ1) is 14.1. The van der Waals surface area contributed by atoms with Crippen molar-refractivity contribution in [2.75, 3.05) is 26.4 Å². The Morgan fingerprint density at radius 3 is 1.52 bits per heavy atom.